The van der Waals surface area contributed by atoms with Gasteiger partial charge in [0.2, 0.25) is 0 Å². The van der Waals surface area contributed by atoms with E-state index in [0.29, 0.717) is 0 Å². The molecule has 1 rings (SSSR count). The molecule has 0 unspecified atom stereocenters. The minimum atomic E-state index is 0.958. The standard InChI is InChI=1S/C3H6N2.O2/c1-2-5-3-4-1;1-2/h3H,1-2H2,(H,4,5);. The van der Waals surface area contributed by atoms with Crippen molar-refractivity contribution in [2.75, 3.05) is 13.1 Å². The summed E-state index contributed by atoms with van der Waals surface area (Å²) in [6, 6.07) is 0. The first-order valence-electron chi connectivity index (χ1n) is 1.88. The lowest BCUT2D eigenvalue weighted by molar-refractivity contribution is 0.965. The van der Waals surface area contributed by atoms with Crippen LogP contribution in [0, 0.1) is 9.93 Å². The topological polar surface area (TPSA) is 58.5 Å². The Kier molecular flexibility index (Phi) is 4.40. The zero-order valence-electron chi connectivity index (χ0n) is 3.76. The summed E-state index contributed by atoms with van der Waals surface area (Å²) in [6.45, 7) is 1.99. The van der Waals surface area contributed by atoms with Gasteiger partial charge in [0, 0.05) is 16.5 Å². The molecule has 7 heavy (non-hydrogen) atoms. The van der Waals surface area contributed by atoms with Crippen molar-refractivity contribution >= 4 is 6.34 Å². The van der Waals surface area contributed by atoms with Crippen molar-refractivity contribution in [3.05, 3.63) is 9.93 Å². The summed E-state index contributed by atoms with van der Waals surface area (Å²) in [5, 5.41) is 2.93. The Morgan fingerprint density at radius 3 is 2.43 bits per heavy atom. The van der Waals surface area contributed by atoms with Crippen LogP contribution in [-0.2, 0) is 0 Å². The van der Waals surface area contributed by atoms with Crippen molar-refractivity contribution in [3.8, 4) is 0 Å². The first-order chi connectivity index (χ1) is 3.50. The molecule has 0 amide bonds. The van der Waals surface area contributed by atoms with Crippen LogP contribution in [0.1, 0.15) is 0 Å². The molecule has 0 spiro atoms. The van der Waals surface area contributed by atoms with Gasteiger partial charge in [-0.1, -0.05) is 0 Å². The predicted octanol–water partition coefficient (Wildman–Crippen LogP) is -0.315. The van der Waals surface area contributed by atoms with E-state index in [-0.39, 0.29) is 0 Å². The molecule has 0 atom stereocenters. The van der Waals surface area contributed by atoms with Gasteiger partial charge in [-0.3, -0.25) is 4.99 Å². The summed E-state index contributed by atoms with van der Waals surface area (Å²) in [5.74, 6) is 0. The number of hydrogen-bond donors (Lipinski definition) is 1. The molecule has 0 aromatic rings. The monoisotopic (exact) mass is 102 g/mol. The molecular weight excluding hydrogens is 96.0 g/mol. The number of aliphatic imine (C=N–C) groups is 1. The quantitative estimate of drug-likeness (QED) is 0.456. The van der Waals surface area contributed by atoms with Gasteiger partial charge in [0.25, 0.3) is 0 Å². The normalized spacial score (nSPS) is 14.3. The molecule has 0 fully saturated rings. The van der Waals surface area contributed by atoms with Crippen molar-refractivity contribution in [1.29, 1.82) is 0 Å². The fourth-order valence-electron chi connectivity index (χ4n) is 0.323. The minimum absolute atomic E-state index is 0.958. The molecule has 40 valence electrons. The highest BCUT2D eigenvalue weighted by molar-refractivity contribution is 5.56. The Bertz CT molecular complexity index is 58.0. The van der Waals surface area contributed by atoms with Gasteiger partial charge in [0.15, 0.2) is 0 Å². The fourth-order valence-corrected chi connectivity index (χ4v) is 0.323. The lowest BCUT2D eigenvalue weighted by atomic mass is 10.7. The van der Waals surface area contributed by atoms with E-state index in [0.717, 1.165) is 13.1 Å². The largest absolute Gasteiger partial charge is 0.375 e. The first-order valence-corrected chi connectivity index (χ1v) is 1.88. The van der Waals surface area contributed by atoms with Crippen LogP contribution in [0.15, 0.2) is 4.99 Å². The molecule has 1 aliphatic heterocycles. The Balaban J connectivity index is 0.000000162. The molecule has 1 heterocycles. The highest BCUT2D eigenvalue weighted by atomic mass is 16.7. The van der Waals surface area contributed by atoms with Gasteiger partial charge in [0.1, 0.15) is 0 Å². The van der Waals surface area contributed by atoms with Crippen LogP contribution in [0.5, 0.6) is 0 Å². The van der Waals surface area contributed by atoms with Crippen LogP contribution in [0.3, 0.4) is 0 Å². The molecular formula is C3H6N2O2. The average Bonchev–Trinajstić information content (AvgIpc) is 2.23. The fraction of sp³-hybridized carbons (Fsp3) is 0.667. The molecule has 0 aliphatic carbocycles. The molecule has 0 aromatic carbocycles. The third-order valence-electron chi connectivity index (χ3n) is 0.568. The summed E-state index contributed by atoms with van der Waals surface area (Å²) in [6.07, 6.45) is 1.74. The van der Waals surface area contributed by atoms with Gasteiger partial charge >= 0.3 is 0 Å². The van der Waals surface area contributed by atoms with E-state index in [1.54, 1.807) is 6.34 Å². The Hall–Kier alpha value is -0.930. The summed E-state index contributed by atoms with van der Waals surface area (Å²) < 4.78 is 0. The molecule has 4 nitrogen and oxygen atoms in total. The van der Waals surface area contributed by atoms with E-state index in [9.17, 15) is 0 Å². The third kappa shape index (κ3) is 2.88. The second-order valence-electron chi connectivity index (χ2n) is 0.989. The van der Waals surface area contributed by atoms with Crippen LogP contribution < -0.4 is 5.32 Å². The van der Waals surface area contributed by atoms with Gasteiger partial charge in [-0.15, -0.1) is 0 Å². The molecule has 0 aromatic heterocycles. The van der Waals surface area contributed by atoms with E-state index in [2.05, 4.69) is 10.3 Å². The number of hydrogen-bond acceptors (Lipinski definition) is 4. The lowest BCUT2D eigenvalue weighted by Crippen LogP contribution is -2.04. The van der Waals surface area contributed by atoms with Crippen LogP contribution in [-0.4, -0.2) is 19.4 Å². The van der Waals surface area contributed by atoms with Crippen molar-refractivity contribution in [3.63, 3.8) is 0 Å². The van der Waals surface area contributed by atoms with Gasteiger partial charge < -0.3 is 5.32 Å². The molecule has 1 aliphatic rings. The van der Waals surface area contributed by atoms with E-state index >= 15 is 0 Å². The van der Waals surface area contributed by atoms with Crippen molar-refractivity contribution in [2.24, 2.45) is 4.99 Å². The Labute approximate surface area is 40.8 Å². The van der Waals surface area contributed by atoms with Crippen molar-refractivity contribution in [2.45, 2.75) is 0 Å². The number of nitrogens with one attached hydrogen (secondary N) is 1. The van der Waals surface area contributed by atoms with Crippen LogP contribution in [0.2, 0.25) is 0 Å². The Morgan fingerprint density at radius 1 is 1.57 bits per heavy atom. The summed E-state index contributed by atoms with van der Waals surface area (Å²) in [5.41, 5.74) is 0. The zero-order chi connectivity index (χ0) is 5.54. The van der Waals surface area contributed by atoms with Gasteiger partial charge in [-0.05, 0) is 0 Å². The number of rotatable bonds is 0. The highest BCUT2D eigenvalue weighted by Crippen LogP contribution is 1.68. The highest BCUT2D eigenvalue weighted by Gasteiger charge is 1.82. The average molecular weight is 102 g/mol. The maximum atomic E-state index is 7.00. The van der Waals surface area contributed by atoms with Crippen LogP contribution in [0.4, 0.5) is 0 Å². The van der Waals surface area contributed by atoms with Crippen LogP contribution in [0.25, 0.3) is 0 Å². The van der Waals surface area contributed by atoms with E-state index < -0.39 is 0 Å². The smallest absolute Gasteiger partial charge is 0.0825 e. The SMILES string of the molecule is C1=NCCN1.O=O. The molecule has 0 saturated heterocycles. The molecule has 0 saturated carbocycles. The number of nitrogens with zero attached hydrogens (tertiary/aromatic N) is 1. The molecule has 0 bridgehead atoms. The summed E-state index contributed by atoms with van der Waals surface area (Å²) in [4.78, 5) is 17.8. The second kappa shape index (κ2) is 5.07. The predicted molar refractivity (Wildman–Crippen MR) is 28.1 cm³/mol. The van der Waals surface area contributed by atoms with Gasteiger partial charge in [-0.25, -0.2) is 0 Å². The maximum absolute atomic E-state index is 7.00. The summed E-state index contributed by atoms with van der Waals surface area (Å²) >= 11 is 0. The lowest BCUT2D eigenvalue weighted by Gasteiger charge is -1.75. The molecule has 4 heteroatoms. The van der Waals surface area contributed by atoms with E-state index in [1.807, 2.05) is 0 Å². The zero-order valence-corrected chi connectivity index (χ0v) is 3.76. The second-order valence-corrected chi connectivity index (χ2v) is 0.989. The third-order valence-corrected chi connectivity index (χ3v) is 0.568. The summed E-state index contributed by atoms with van der Waals surface area (Å²) in [7, 11) is 0. The Morgan fingerprint density at radius 2 is 2.29 bits per heavy atom. The molecule has 0 radical (unpaired) electrons. The van der Waals surface area contributed by atoms with E-state index in [4.69, 9.17) is 9.93 Å². The first kappa shape index (κ1) is 6.07. The van der Waals surface area contributed by atoms with Gasteiger partial charge in [-0.2, -0.15) is 0 Å². The van der Waals surface area contributed by atoms with Gasteiger partial charge in [0.05, 0.1) is 12.9 Å². The van der Waals surface area contributed by atoms with Crippen molar-refractivity contribution < 1.29 is 0 Å². The van der Waals surface area contributed by atoms with E-state index in [1.165, 1.54) is 0 Å². The van der Waals surface area contributed by atoms with Crippen molar-refractivity contribution in [1.82, 2.24) is 5.32 Å². The maximum Gasteiger partial charge on any atom is 0.0825 e. The molecule has 1 N–H and O–H groups in total. The van der Waals surface area contributed by atoms with Crippen LogP contribution >= 0.6 is 0 Å². The minimum Gasteiger partial charge on any atom is -0.375 e.